The molecule has 0 amide bonds. The van der Waals surface area contributed by atoms with Crippen molar-refractivity contribution in [3.8, 4) is 0 Å². The molecule has 2 rings (SSSR count). The van der Waals surface area contributed by atoms with Gasteiger partial charge in [0.15, 0.2) is 0 Å². The lowest BCUT2D eigenvalue weighted by Crippen LogP contribution is -2.26. The summed E-state index contributed by atoms with van der Waals surface area (Å²) in [5, 5.41) is 14.1. The Morgan fingerprint density at radius 1 is 1.59 bits per heavy atom. The van der Waals surface area contributed by atoms with Gasteiger partial charge < -0.3 is 9.84 Å². The van der Waals surface area contributed by atoms with E-state index in [0.29, 0.717) is 12.8 Å². The fraction of sp³-hybridized carbons (Fsp3) is 0.833. The van der Waals surface area contributed by atoms with Gasteiger partial charge in [-0.05, 0) is 32.6 Å². The third-order valence-electron chi connectivity index (χ3n) is 3.22. The Labute approximate surface area is 102 Å². The van der Waals surface area contributed by atoms with E-state index in [1.807, 2.05) is 11.6 Å². The smallest absolute Gasteiger partial charge is 0.138 e. The fourth-order valence-electron chi connectivity index (χ4n) is 2.30. The predicted molar refractivity (Wildman–Crippen MR) is 63.6 cm³/mol. The van der Waals surface area contributed by atoms with Crippen LogP contribution >= 0.6 is 0 Å². The summed E-state index contributed by atoms with van der Waals surface area (Å²) in [6.07, 6.45) is 6.08. The third kappa shape index (κ3) is 3.51. The summed E-state index contributed by atoms with van der Waals surface area (Å²) in [4.78, 5) is 4.17. The van der Waals surface area contributed by atoms with Crippen molar-refractivity contribution in [2.24, 2.45) is 0 Å². The minimum absolute atomic E-state index is 0.219. The van der Waals surface area contributed by atoms with Crippen LogP contribution in [-0.4, -0.2) is 38.7 Å². The van der Waals surface area contributed by atoms with Crippen LogP contribution in [-0.2, 0) is 17.7 Å². The molecule has 0 saturated carbocycles. The molecular weight excluding hydrogens is 218 g/mol. The topological polar surface area (TPSA) is 60.2 Å². The molecule has 1 aliphatic heterocycles. The van der Waals surface area contributed by atoms with Gasteiger partial charge in [-0.15, -0.1) is 0 Å². The number of aromatic nitrogens is 3. The van der Waals surface area contributed by atoms with Gasteiger partial charge in [0.25, 0.3) is 0 Å². The number of aliphatic hydroxyl groups excluding tert-OH is 1. The zero-order chi connectivity index (χ0) is 12.1. The van der Waals surface area contributed by atoms with Gasteiger partial charge in [0, 0.05) is 19.6 Å². The maximum Gasteiger partial charge on any atom is 0.138 e. The molecule has 1 saturated heterocycles. The molecule has 0 aliphatic carbocycles. The molecule has 2 unspecified atom stereocenters. The summed E-state index contributed by atoms with van der Waals surface area (Å²) in [5.41, 5.74) is 0. The second-order valence-electron chi connectivity index (χ2n) is 4.57. The van der Waals surface area contributed by atoms with Crippen LogP contribution in [0.2, 0.25) is 0 Å². The van der Waals surface area contributed by atoms with Crippen LogP contribution in [0, 0.1) is 0 Å². The standard InChI is InChI=1S/C12H21N3O2/c1-2-15-12(13-9-14-15)8-10(16)7-11-5-3-4-6-17-11/h9-11,16H,2-8H2,1H3. The van der Waals surface area contributed by atoms with Gasteiger partial charge in [0.05, 0.1) is 12.2 Å². The van der Waals surface area contributed by atoms with Crippen LogP contribution < -0.4 is 0 Å². The molecule has 17 heavy (non-hydrogen) atoms. The molecule has 2 atom stereocenters. The number of hydrogen-bond donors (Lipinski definition) is 1. The maximum atomic E-state index is 10.0. The Kier molecular flexibility index (Phi) is 4.50. The van der Waals surface area contributed by atoms with Crippen molar-refractivity contribution in [3.63, 3.8) is 0 Å². The average Bonchev–Trinajstić information content (AvgIpc) is 2.77. The minimum atomic E-state index is -0.382. The highest BCUT2D eigenvalue weighted by Crippen LogP contribution is 2.18. The van der Waals surface area contributed by atoms with E-state index >= 15 is 0 Å². The van der Waals surface area contributed by atoms with Crippen LogP contribution in [0.1, 0.15) is 38.4 Å². The van der Waals surface area contributed by atoms with Crippen LogP contribution in [0.15, 0.2) is 6.33 Å². The van der Waals surface area contributed by atoms with Crippen molar-refractivity contribution in [2.45, 2.75) is 57.8 Å². The summed E-state index contributed by atoms with van der Waals surface area (Å²) in [7, 11) is 0. The molecular formula is C12H21N3O2. The predicted octanol–water partition coefficient (Wildman–Crippen LogP) is 1.16. The van der Waals surface area contributed by atoms with Gasteiger partial charge in [-0.2, -0.15) is 5.10 Å². The van der Waals surface area contributed by atoms with E-state index in [1.54, 1.807) is 6.33 Å². The first-order valence-corrected chi connectivity index (χ1v) is 6.46. The van der Waals surface area contributed by atoms with Crippen molar-refractivity contribution in [2.75, 3.05) is 6.61 Å². The van der Waals surface area contributed by atoms with Crippen LogP contribution in [0.5, 0.6) is 0 Å². The quantitative estimate of drug-likeness (QED) is 0.837. The second kappa shape index (κ2) is 6.12. The van der Waals surface area contributed by atoms with Crippen LogP contribution in [0.25, 0.3) is 0 Å². The Morgan fingerprint density at radius 3 is 3.18 bits per heavy atom. The third-order valence-corrected chi connectivity index (χ3v) is 3.22. The Hall–Kier alpha value is -0.940. The monoisotopic (exact) mass is 239 g/mol. The summed E-state index contributed by atoms with van der Waals surface area (Å²) in [5.74, 6) is 0.857. The molecule has 96 valence electrons. The summed E-state index contributed by atoms with van der Waals surface area (Å²) in [6.45, 7) is 3.65. The molecule has 1 fully saturated rings. The van der Waals surface area contributed by atoms with Crippen molar-refractivity contribution in [1.29, 1.82) is 0 Å². The Balaban J connectivity index is 1.82. The van der Waals surface area contributed by atoms with Crippen LogP contribution in [0.3, 0.4) is 0 Å². The van der Waals surface area contributed by atoms with Gasteiger partial charge in [0.2, 0.25) is 0 Å². The minimum Gasteiger partial charge on any atom is -0.393 e. The molecule has 5 nitrogen and oxygen atoms in total. The Morgan fingerprint density at radius 2 is 2.47 bits per heavy atom. The summed E-state index contributed by atoms with van der Waals surface area (Å²) in [6, 6.07) is 0. The van der Waals surface area contributed by atoms with E-state index in [0.717, 1.165) is 31.8 Å². The largest absolute Gasteiger partial charge is 0.393 e. The molecule has 0 bridgehead atoms. The zero-order valence-corrected chi connectivity index (χ0v) is 10.4. The molecule has 0 radical (unpaired) electrons. The lowest BCUT2D eigenvalue weighted by Gasteiger charge is -2.24. The second-order valence-corrected chi connectivity index (χ2v) is 4.57. The van der Waals surface area contributed by atoms with Crippen molar-refractivity contribution in [1.82, 2.24) is 14.8 Å². The first-order valence-electron chi connectivity index (χ1n) is 6.46. The van der Waals surface area contributed by atoms with E-state index in [9.17, 15) is 5.11 Å². The first kappa shape index (κ1) is 12.5. The van der Waals surface area contributed by atoms with Crippen molar-refractivity contribution >= 4 is 0 Å². The molecule has 5 heteroatoms. The fourth-order valence-corrected chi connectivity index (χ4v) is 2.30. The number of nitrogens with zero attached hydrogens (tertiary/aromatic N) is 3. The highest BCUT2D eigenvalue weighted by molar-refractivity contribution is 4.88. The molecule has 0 spiro atoms. The molecule has 1 aromatic rings. The van der Waals surface area contributed by atoms with Crippen molar-refractivity contribution in [3.05, 3.63) is 12.2 Å². The van der Waals surface area contributed by atoms with Crippen molar-refractivity contribution < 1.29 is 9.84 Å². The number of aliphatic hydroxyl groups is 1. The van der Waals surface area contributed by atoms with Gasteiger partial charge in [-0.1, -0.05) is 0 Å². The van der Waals surface area contributed by atoms with E-state index in [2.05, 4.69) is 10.1 Å². The highest BCUT2D eigenvalue weighted by atomic mass is 16.5. The van der Waals surface area contributed by atoms with Crippen LogP contribution in [0.4, 0.5) is 0 Å². The zero-order valence-electron chi connectivity index (χ0n) is 10.4. The number of rotatable bonds is 5. The summed E-state index contributed by atoms with van der Waals surface area (Å²) >= 11 is 0. The lowest BCUT2D eigenvalue weighted by atomic mass is 10.0. The highest BCUT2D eigenvalue weighted by Gasteiger charge is 2.19. The van der Waals surface area contributed by atoms with E-state index in [1.165, 1.54) is 6.42 Å². The number of aryl methyl sites for hydroxylation is 1. The van der Waals surface area contributed by atoms with E-state index in [4.69, 9.17) is 4.74 Å². The van der Waals surface area contributed by atoms with E-state index < -0.39 is 0 Å². The van der Waals surface area contributed by atoms with E-state index in [-0.39, 0.29) is 12.2 Å². The first-order chi connectivity index (χ1) is 8.29. The molecule has 0 aromatic carbocycles. The average molecular weight is 239 g/mol. The normalized spacial score (nSPS) is 22.6. The summed E-state index contributed by atoms with van der Waals surface area (Å²) < 4.78 is 7.45. The maximum absolute atomic E-state index is 10.0. The molecule has 1 N–H and O–H groups in total. The Bertz CT molecular complexity index is 334. The molecule has 1 aromatic heterocycles. The lowest BCUT2D eigenvalue weighted by molar-refractivity contribution is -0.0152. The van der Waals surface area contributed by atoms with Gasteiger partial charge in [-0.25, -0.2) is 4.98 Å². The number of hydrogen-bond acceptors (Lipinski definition) is 4. The van der Waals surface area contributed by atoms with Gasteiger partial charge >= 0.3 is 0 Å². The van der Waals surface area contributed by atoms with Gasteiger partial charge in [0.1, 0.15) is 12.2 Å². The number of ether oxygens (including phenoxy) is 1. The molecule has 2 heterocycles. The SMILES string of the molecule is CCn1ncnc1CC(O)CC1CCCCO1. The molecule has 1 aliphatic rings. The van der Waals surface area contributed by atoms with Gasteiger partial charge in [-0.3, -0.25) is 4.68 Å².